The predicted molar refractivity (Wildman–Crippen MR) is 136 cm³/mol. The molecule has 0 radical (unpaired) electrons. The Morgan fingerprint density at radius 1 is 1.06 bits per heavy atom. The fraction of sp³-hybridized carbons (Fsp3) is 0.0769. The lowest BCUT2D eigenvalue weighted by Gasteiger charge is -2.16. The summed E-state index contributed by atoms with van der Waals surface area (Å²) in [4.78, 5) is 26.2. The van der Waals surface area contributed by atoms with Crippen molar-refractivity contribution in [2.75, 3.05) is 10.6 Å². The summed E-state index contributed by atoms with van der Waals surface area (Å²) < 4.78 is 0. The van der Waals surface area contributed by atoms with Gasteiger partial charge in [0.15, 0.2) is 5.01 Å². The van der Waals surface area contributed by atoms with Gasteiger partial charge in [0.1, 0.15) is 5.82 Å². The van der Waals surface area contributed by atoms with E-state index in [0.29, 0.717) is 22.1 Å². The Morgan fingerprint density at radius 2 is 1.80 bits per heavy atom. The number of aryl methyl sites for hydroxylation is 2. The van der Waals surface area contributed by atoms with Crippen LogP contribution in [0.3, 0.4) is 0 Å². The lowest BCUT2D eigenvalue weighted by molar-refractivity contribution is 0.103. The Labute approximate surface area is 206 Å². The van der Waals surface area contributed by atoms with E-state index >= 15 is 0 Å². The van der Waals surface area contributed by atoms with Gasteiger partial charge in [-0.15, -0.1) is 11.3 Å². The molecule has 0 aliphatic heterocycles. The zero-order valence-electron chi connectivity index (χ0n) is 18.9. The van der Waals surface area contributed by atoms with E-state index in [1.54, 1.807) is 41.9 Å². The van der Waals surface area contributed by atoms with Gasteiger partial charge in [-0.05, 0) is 73.0 Å². The lowest BCUT2D eigenvalue weighted by atomic mass is 10.0. The molecule has 0 spiro atoms. The number of carbonyl (C=O) groups excluding carboxylic acids is 1. The molecule has 0 saturated heterocycles. The number of anilines is 4. The van der Waals surface area contributed by atoms with Crippen molar-refractivity contribution in [3.63, 3.8) is 0 Å². The smallest absolute Gasteiger partial charge is 0.229 e. The van der Waals surface area contributed by atoms with Gasteiger partial charge in [-0.1, -0.05) is 0 Å². The van der Waals surface area contributed by atoms with Crippen LogP contribution >= 0.6 is 11.3 Å². The molecule has 4 aromatic rings. The number of benzene rings is 2. The third-order valence-electron chi connectivity index (χ3n) is 5.08. The molecule has 4 rings (SSSR count). The molecule has 2 aromatic heterocycles. The van der Waals surface area contributed by atoms with E-state index in [2.05, 4.69) is 31.7 Å². The number of ketones is 1. The third kappa shape index (κ3) is 5.38. The van der Waals surface area contributed by atoms with Crippen molar-refractivity contribution in [1.29, 1.82) is 10.5 Å². The van der Waals surface area contributed by atoms with Crippen LogP contribution in [0.5, 0.6) is 0 Å². The highest BCUT2D eigenvalue weighted by Crippen LogP contribution is 2.29. The number of thiazole rings is 1. The van der Waals surface area contributed by atoms with Crippen molar-refractivity contribution in [3.8, 4) is 12.1 Å². The summed E-state index contributed by atoms with van der Waals surface area (Å²) in [6.07, 6.45) is 6.22. The number of aromatic nitrogens is 3. The monoisotopic (exact) mass is 477 g/mol. The average Bonchev–Trinajstić information content (AvgIpc) is 3.40. The van der Waals surface area contributed by atoms with E-state index in [-0.39, 0.29) is 17.3 Å². The van der Waals surface area contributed by atoms with Crippen molar-refractivity contribution >= 4 is 46.3 Å². The Bertz CT molecular complexity index is 1470. The van der Waals surface area contributed by atoms with Crippen LogP contribution in [0, 0.1) is 36.5 Å². The highest BCUT2D eigenvalue weighted by molar-refractivity contribution is 7.11. The van der Waals surface area contributed by atoms with E-state index in [9.17, 15) is 4.79 Å². The summed E-state index contributed by atoms with van der Waals surface area (Å²) in [5, 5.41) is 26.3. The lowest BCUT2D eigenvalue weighted by Crippen LogP contribution is -2.11. The minimum Gasteiger partial charge on any atom is -0.339 e. The Balaban J connectivity index is 1.73. The van der Waals surface area contributed by atoms with Crippen molar-refractivity contribution in [1.82, 2.24) is 15.0 Å². The number of hydrogen-bond donors (Lipinski definition) is 2. The molecule has 170 valence electrons. The van der Waals surface area contributed by atoms with Crippen LogP contribution in [0.4, 0.5) is 23.1 Å². The molecule has 2 N–H and O–H groups in total. The summed E-state index contributed by atoms with van der Waals surface area (Å²) in [5.41, 5.74) is 5.09. The minimum atomic E-state index is -0.281. The first-order chi connectivity index (χ1) is 17.0. The van der Waals surface area contributed by atoms with E-state index in [1.807, 2.05) is 32.0 Å². The molecule has 0 atom stereocenters. The fourth-order valence-corrected chi connectivity index (χ4v) is 4.04. The molecule has 0 saturated carbocycles. The first-order valence-corrected chi connectivity index (χ1v) is 11.4. The first-order valence-electron chi connectivity index (χ1n) is 10.5. The Kier molecular flexibility index (Phi) is 6.91. The summed E-state index contributed by atoms with van der Waals surface area (Å²) in [6, 6.07) is 14.9. The predicted octanol–water partition coefficient (Wildman–Crippen LogP) is 5.68. The number of hydrogen-bond acceptors (Lipinski definition) is 9. The SMILES string of the molecule is Cc1cc(/C=C/C#N)cc(C)c1Nc1nc(Nc2ccc(C#N)cc2)ncc1C(=O)c1nccs1. The van der Waals surface area contributed by atoms with Gasteiger partial charge >= 0.3 is 0 Å². The second-order valence-corrected chi connectivity index (χ2v) is 8.45. The van der Waals surface area contributed by atoms with Gasteiger partial charge in [0.2, 0.25) is 11.7 Å². The van der Waals surface area contributed by atoms with Crippen molar-refractivity contribution in [2.45, 2.75) is 13.8 Å². The van der Waals surface area contributed by atoms with Gasteiger partial charge in [0, 0.05) is 35.2 Å². The fourth-order valence-electron chi connectivity index (χ4n) is 3.45. The maximum absolute atomic E-state index is 13.1. The van der Waals surface area contributed by atoms with E-state index in [4.69, 9.17) is 10.5 Å². The molecule has 0 aliphatic carbocycles. The topological polar surface area (TPSA) is 127 Å². The van der Waals surface area contributed by atoms with Gasteiger partial charge < -0.3 is 10.6 Å². The van der Waals surface area contributed by atoms with E-state index in [1.165, 1.54) is 23.6 Å². The quantitative estimate of drug-likeness (QED) is 0.257. The molecule has 0 amide bonds. The van der Waals surface area contributed by atoms with E-state index < -0.39 is 0 Å². The van der Waals surface area contributed by atoms with Crippen molar-refractivity contribution in [2.24, 2.45) is 0 Å². The largest absolute Gasteiger partial charge is 0.339 e. The average molecular weight is 478 g/mol. The highest BCUT2D eigenvalue weighted by Gasteiger charge is 2.20. The summed E-state index contributed by atoms with van der Waals surface area (Å²) in [6.45, 7) is 3.89. The van der Waals surface area contributed by atoms with Crippen LogP contribution in [-0.4, -0.2) is 20.7 Å². The van der Waals surface area contributed by atoms with E-state index in [0.717, 1.165) is 22.4 Å². The molecule has 0 aliphatic rings. The molecule has 0 fully saturated rings. The maximum atomic E-state index is 13.1. The highest BCUT2D eigenvalue weighted by atomic mass is 32.1. The van der Waals surface area contributed by atoms with Gasteiger partial charge in [-0.2, -0.15) is 15.5 Å². The van der Waals surface area contributed by atoms with Gasteiger partial charge in [0.25, 0.3) is 0 Å². The molecule has 2 heterocycles. The molecule has 0 unspecified atom stereocenters. The van der Waals surface area contributed by atoms with Crippen LogP contribution < -0.4 is 10.6 Å². The van der Waals surface area contributed by atoms with Gasteiger partial charge in [-0.25, -0.2) is 9.97 Å². The number of nitrogens with zero attached hydrogens (tertiary/aromatic N) is 5. The molecule has 35 heavy (non-hydrogen) atoms. The normalized spacial score (nSPS) is 10.5. The van der Waals surface area contributed by atoms with Crippen LogP contribution in [-0.2, 0) is 0 Å². The van der Waals surface area contributed by atoms with Gasteiger partial charge in [0.05, 0.1) is 23.3 Å². The Hall–Kier alpha value is -4.86. The van der Waals surface area contributed by atoms with Crippen molar-refractivity contribution in [3.05, 3.63) is 93.1 Å². The molecule has 9 heteroatoms. The maximum Gasteiger partial charge on any atom is 0.229 e. The molecule has 8 nitrogen and oxygen atoms in total. The number of nitrogens with one attached hydrogen (secondary N) is 2. The molecule has 2 aromatic carbocycles. The van der Waals surface area contributed by atoms with Crippen LogP contribution in [0.1, 0.15) is 37.6 Å². The summed E-state index contributed by atoms with van der Waals surface area (Å²) >= 11 is 1.25. The number of nitriles is 2. The number of rotatable bonds is 7. The zero-order chi connectivity index (χ0) is 24.8. The Morgan fingerprint density at radius 3 is 2.43 bits per heavy atom. The molecule has 0 bridgehead atoms. The number of carbonyl (C=O) groups is 1. The zero-order valence-corrected chi connectivity index (χ0v) is 19.7. The standard InChI is InChI=1S/C26H19N7OS/c1-16-12-19(4-3-9-27)13-17(2)22(16)32-24-21(23(34)25-29-10-11-35-25)15-30-26(33-24)31-20-7-5-18(14-28)6-8-20/h3-8,10-13,15H,1-2H3,(H2,30,31,32,33)/b4-3+. The number of allylic oxidation sites excluding steroid dienone is 1. The molecular formula is C26H19N7OS. The summed E-state index contributed by atoms with van der Waals surface area (Å²) in [7, 11) is 0. The van der Waals surface area contributed by atoms with Crippen LogP contribution in [0.25, 0.3) is 6.08 Å². The summed E-state index contributed by atoms with van der Waals surface area (Å²) in [5.74, 6) is 0.343. The minimum absolute atomic E-state index is 0.281. The van der Waals surface area contributed by atoms with Crippen molar-refractivity contribution < 1.29 is 4.79 Å². The van der Waals surface area contributed by atoms with Gasteiger partial charge in [-0.3, -0.25) is 4.79 Å². The third-order valence-corrected chi connectivity index (χ3v) is 5.85. The van der Waals surface area contributed by atoms with Crippen LogP contribution in [0.2, 0.25) is 0 Å². The second-order valence-electron chi connectivity index (χ2n) is 7.55. The first kappa shape index (κ1) is 23.3. The van der Waals surface area contributed by atoms with Crippen LogP contribution in [0.15, 0.2) is 60.2 Å². The second kappa shape index (κ2) is 10.4. The molecular weight excluding hydrogens is 458 g/mol.